The molecule has 1 fully saturated rings. The molecule has 0 unspecified atom stereocenters. The molecule has 2 aromatic heterocycles. The molecular formula is C15H19N3O3S. The van der Waals surface area contributed by atoms with Gasteiger partial charge in [-0.15, -0.1) is 0 Å². The third kappa shape index (κ3) is 3.35. The molecule has 118 valence electrons. The van der Waals surface area contributed by atoms with Crippen LogP contribution in [0.2, 0.25) is 0 Å². The third-order valence-electron chi connectivity index (χ3n) is 3.80. The SMILES string of the molecule is CCS(=O)(=O)CCc1noc(-c2ccc(C)nc2C2CC2)n1. The van der Waals surface area contributed by atoms with E-state index in [0.717, 1.165) is 29.8 Å². The number of aryl methyl sites for hydroxylation is 2. The number of nitrogens with zero attached hydrogens (tertiary/aromatic N) is 3. The monoisotopic (exact) mass is 321 g/mol. The van der Waals surface area contributed by atoms with Crippen molar-refractivity contribution in [3.63, 3.8) is 0 Å². The molecule has 1 saturated carbocycles. The summed E-state index contributed by atoms with van der Waals surface area (Å²) in [6.45, 7) is 3.60. The van der Waals surface area contributed by atoms with Crippen molar-refractivity contribution in [3.8, 4) is 11.5 Å². The van der Waals surface area contributed by atoms with E-state index in [1.54, 1.807) is 6.92 Å². The van der Waals surface area contributed by atoms with Gasteiger partial charge in [-0.05, 0) is 31.9 Å². The maximum Gasteiger partial charge on any atom is 0.259 e. The van der Waals surface area contributed by atoms with Crippen LogP contribution in [0.25, 0.3) is 11.5 Å². The molecule has 0 aromatic carbocycles. The normalized spacial score (nSPS) is 15.2. The molecule has 0 bridgehead atoms. The van der Waals surface area contributed by atoms with Crippen molar-refractivity contribution in [2.24, 2.45) is 0 Å². The lowest BCUT2D eigenvalue weighted by molar-refractivity contribution is 0.422. The van der Waals surface area contributed by atoms with Gasteiger partial charge in [0, 0.05) is 23.8 Å². The maximum atomic E-state index is 11.5. The Morgan fingerprint density at radius 3 is 2.73 bits per heavy atom. The van der Waals surface area contributed by atoms with Crippen molar-refractivity contribution in [1.29, 1.82) is 0 Å². The highest BCUT2D eigenvalue weighted by molar-refractivity contribution is 7.91. The van der Waals surface area contributed by atoms with Crippen molar-refractivity contribution in [2.45, 2.75) is 39.0 Å². The summed E-state index contributed by atoms with van der Waals surface area (Å²) in [5.74, 6) is 1.51. The van der Waals surface area contributed by atoms with Crippen LogP contribution in [-0.2, 0) is 16.3 Å². The molecule has 0 atom stereocenters. The molecule has 0 aliphatic heterocycles. The second-order valence-corrected chi connectivity index (χ2v) is 8.13. The molecule has 0 radical (unpaired) electrons. The highest BCUT2D eigenvalue weighted by atomic mass is 32.2. The zero-order chi connectivity index (χ0) is 15.7. The van der Waals surface area contributed by atoms with E-state index >= 15 is 0 Å². The fourth-order valence-corrected chi connectivity index (χ4v) is 3.06. The van der Waals surface area contributed by atoms with E-state index in [2.05, 4.69) is 15.1 Å². The molecule has 0 saturated heterocycles. The molecule has 7 heteroatoms. The molecule has 1 aliphatic carbocycles. The van der Waals surface area contributed by atoms with Gasteiger partial charge in [-0.1, -0.05) is 12.1 Å². The van der Waals surface area contributed by atoms with Crippen molar-refractivity contribution in [3.05, 3.63) is 29.3 Å². The first-order valence-corrected chi connectivity index (χ1v) is 9.31. The molecule has 22 heavy (non-hydrogen) atoms. The lowest BCUT2D eigenvalue weighted by Crippen LogP contribution is -2.11. The average molecular weight is 321 g/mol. The Morgan fingerprint density at radius 2 is 2.05 bits per heavy atom. The highest BCUT2D eigenvalue weighted by Crippen LogP contribution is 2.43. The standard InChI is InChI=1S/C15H19N3O3S/c1-3-22(19,20)9-8-13-17-15(21-18-13)12-7-4-10(2)16-14(12)11-5-6-11/h4,7,11H,3,5-6,8-9H2,1-2H3. The Balaban J connectivity index is 1.82. The van der Waals surface area contributed by atoms with Gasteiger partial charge in [0.05, 0.1) is 17.0 Å². The van der Waals surface area contributed by atoms with E-state index < -0.39 is 9.84 Å². The number of hydrogen-bond donors (Lipinski definition) is 0. The molecule has 0 amide bonds. The van der Waals surface area contributed by atoms with E-state index in [1.165, 1.54) is 0 Å². The number of pyridine rings is 1. The molecule has 0 spiro atoms. The summed E-state index contributed by atoms with van der Waals surface area (Å²) in [7, 11) is -3.02. The first-order chi connectivity index (χ1) is 10.5. The molecule has 3 rings (SSSR count). The van der Waals surface area contributed by atoms with Crippen LogP contribution < -0.4 is 0 Å². The smallest absolute Gasteiger partial charge is 0.259 e. The molecule has 0 N–H and O–H groups in total. The lowest BCUT2D eigenvalue weighted by Gasteiger charge is -2.04. The van der Waals surface area contributed by atoms with E-state index in [-0.39, 0.29) is 17.9 Å². The second kappa shape index (κ2) is 5.79. The van der Waals surface area contributed by atoms with E-state index in [1.807, 2.05) is 19.1 Å². The minimum atomic E-state index is -3.02. The predicted molar refractivity (Wildman–Crippen MR) is 82.3 cm³/mol. The van der Waals surface area contributed by atoms with Crippen LogP contribution in [0.3, 0.4) is 0 Å². The highest BCUT2D eigenvalue weighted by Gasteiger charge is 2.29. The largest absolute Gasteiger partial charge is 0.334 e. The Morgan fingerprint density at radius 1 is 1.27 bits per heavy atom. The summed E-state index contributed by atoms with van der Waals surface area (Å²) in [5.41, 5.74) is 2.85. The summed E-state index contributed by atoms with van der Waals surface area (Å²) >= 11 is 0. The van der Waals surface area contributed by atoms with Gasteiger partial charge in [0.1, 0.15) is 9.84 Å². The second-order valence-electron chi connectivity index (χ2n) is 5.66. The fourth-order valence-electron chi connectivity index (χ4n) is 2.28. The van der Waals surface area contributed by atoms with Crippen LogP contribution in [0.4, 0.5) is 0 Å². The van der Waals surface area contributed by atoms with Gasteiger partial charge >= 0.3 is 0 Å². The minimum absolute atomic E-state index is 0.0457. The zero-order valence-corrected chi connectivity index (χ0v) is 13.6. The third-order valence-corrected chi connectivity index (χ3v) is 5.51. The van der Waals surface area contributed by atoms with Crippen LogP contribution in [0, 0.1) is 6.92 Å². The van der Waals surface area contributed by atoms with Gasteiger partial charge in [-0.25, -0.2) is 8.42 Å². The van der Waals surface area contributed by atoms with E-state index in [0.29, 0.717) is 17.6 Å². The Kier molecular flexibility index (Phi) is 3.99. The summed E-state index contributed by atoms with van der Waals surface area (Å²) in [5, 5.41) is 3.89. The average Bonchev–Trinajstić information content (AvgIpc) is 3.24. The van der Waals surface area contributed by atoms with Crippen molar-refractivity contribution >= 4 is 9.84 Å². The van der Waals surface area contributed by atoms with Crippen LogP contribution in [0.5, 0.6) is 0 Å². The first kappa shape index (κ1) is 15.1. The number of hydrogen-bond acceptors (Lipinski definition) is 6. The Bertz CT molecular complexity index is 779. The number of rotatable bonds is 6. The summed E-state index contributed by atoms with van der Waals surface area (Å²) in [6.07, 6.45) is 2.55. The van der Waals surface area contributed by atoms with E-state index in [9.17, 15) is 8.42 Å². The maximum absolute atomic E-state index is 11.5. The predicted octanol–water partition coefficient (Wildman–Crippen LogP) is 2.29. The summed E-state index contributed by atoms with van der Waals surface area (Å²) < 4.78 is 28.4. The van der Waals surface area contributed by atoms with Gasteiger partial charge < -0.3 is 4.52 Å². The Labute approximate surface area is 129 Å². The molecule has 6 nitrogen and oxygen atoms in total. The zero-order valence-electron chi connectivity index (χ0n) is 12.7. The van der Waals surface area contributed by atoms with Gasteiger partial charge in [-0.3, -0.25) is 4.98 Å². The fraction of sp³-hybridized carbons (Fsp3) is 0.533. The number of aromatic nitrogens is 3. The van der Waals surface area contributed by atoms with Crippen LogP contribution >= 0.6 is 0 Å². The summed E-state index contributed by atoms with van der Waals surface area (Å²) in [6, 6.07) is 3.88. The van der Waals surface area contributed by atoms with Crippen molar-refractivity contribution < 1.29 is 12.9 Å². The quantitative estimate of drug-likeness (QED) is 0.811. The van der Waals surface area contributed by atoms with Crippen molar-refractivity contribution in [1.82, 2.24) is 15.1 Å². The van der Waals surface area contributed by atoms with Gasteiger partial charge in [0.15, 0.2) is 5.82 Å². The lowest BCUT2D eigenvalue weighted by atomic mass is 10.1. The van der Waals surface area contributed by atoms with Gasteiger partial charge in [0.2, 0.25) is 0 Å². The molecule has 2 heterocycles. The molecule has 1 aliphatic rings. The van der Waals surface area contributed by atoms with Crippen LogP contribution in [0.1, 0.15) is 42.9 Å². The van der Waals surface area contributed by atoms with Gasteiger partial charge in [0.25, 0.3) is 5.89 Å². The first-order valence-electron chi connectivity index (χ1n) is 7.49. The van der Waals surface area contributed by atoms with Gasteiger partial charge in [-0.2, -0.15) is 4.98 Å². The number of sulfone groups is 1. The minimum Gasteiger partial charge on any atom is -0.334 e. The van der Waals surface area contributed by atoms with E-state index in [4.69, 9.17) is 4.52 Å². The molecular weight excluding hydrogens is 302 g/mol. The summed E-state index contributed by atoms with van der Waals surface area (Å²) in [4.78, 5) is 8.93. The Hall–Kier alpha value is -1.76. The van der Waals surface area contributed by atoms with Crippen molar-refractivity contribution in [2.75, 3.05) is 11.5 Å². The topological polar surface area (TPSA) is 86.0 Å². The van der Waals surface area contributed by atoms with Crippen LogP contribution in [0.15, 0.2) is 16.7 Å². The molecule has 2 aromatic rings. The van der Waals surface area contributed by atoms with Crippen LogP contribution in [-0.4, -0.2) is 35.0 Å².